The van der Waals surface area contributed by atoms with Crippen molar-refractivity contribution in [3.8, 4) is 0 Å². The highest BCUT2D eigenvalue weighted by Crippen LogP contribution is 2.33. The first kappa shape index (κ1) is 12.2. The number of nitrogens with one attached hydrogen (secondary N) is 2. The van der Waals surface area contributed by atoms with Crippen molar-refractivity contribution in [3.05, 3.63) is 46.0 Å². The third-order valence-corrected chi connectivity index (χ3v) is 3.11. The van der Waals surface area contributed by atoms with Crippen LogP contribution < -0.4 is 5.32 Å². The minimum Gasteiger partial charge on any atom is -0.376 e. The smallest absolute Gasteiger partial charge is 0.142 e. The van der Waals surface area contributed by atoms with Gasteiger partial charge in [-0.2, -0.15) is 5.10 Å². The zero-order valence-electron chi connectivity index (χ0n) is 8.97. The van der Waals surface area contributed by atoms with Crippen molar-refractivity contribution in [3.63, 3.8) is 0 Å². The molecule has 0 bridgehead atoms. The fraction of sp³-hybridized carbons (Fsp3) is 0.182. The van der Waals surface area contributed by atoms with Crippen molar-refractivity contribution in [2.24, 2.45) is 0 Å². The van der Waals surface area contributed by atoms with Crippen molar-refractivity contribution in [1.29, 1.82) is 0 Å². The lowest BCUT2D eigenvalue weighted by Crippen LogP contribution is -2.08. The fourth-order valence-corrected chi connectivity index (χ4v) is 2.29. The summed E-state index contributed by atoms with van der Waals surface area (Å²) in [5, 5.41) is 10.1. The average molecular weight is 274 g/mol. The molecule has 0 saturated heterocycles. The number of H-pyrrole nitrogens is 1. The molecule has 3 nitrogen and oxygen atoms in total. The van der Waals surface area contributed by atoms with E-state index >= 15 is 0 Å². The minimum absolute atomic E-state index is 0.0426. The van der Waals surface area contributed by atoms with E-state index in [0.29, 0.717) is 10.6 Å². The first-order valence-electron chi connectivity index (χ1n) is 4.98. The van der Waals surface area contributed by atoms with Crippen LogP contribution in [-0.4, -0.2) is 10.2 Å². The molecule has 1 atom stereocenters. The van der Waals surface area contributed by atoms with Gasteiger partial charge in [0.15, 0.2) is 0 Å². The molecule has 0 aliphatic rings. The molecule has 0 saturated carbocycles. The summed E-state index contributed by atoms with van der Waals surface area (Å²) in [6.07, 6.45) is 3.31. The van der Waals surface area contributed by atoms with E-state index in [4.69, 9.17) is 23.2 Å². The van der Waals surface area contributed by atoms with Crippen LogP contribution in [-0.2, 0) is 0 Å². The highest BCUT2D eigenvalue weighted by molar-refractivity contribution is 6.36. The summed E-state index contributed by atoms with van der Waals surface area (Å²) < 4.78 is 13.4. The van der Waals surface area contributed by atoms with E-state index in [-0.39, 0.29) is 11.1 Å². The summed E-state index contributed by atoms with van der Waals surface area (Å²) in [5.74, 6) is -0.480. The molecular formula is C11H10Cl2FN3. The molecule has 1 unspecified atom stereocenters. The standard InChI is InChI=1S/C11H10Cl2FN3/c1-6(17-7-4-15-16-5-7)10-8(12)2-3-9(14)11(10)13/h2-6,17H,1H3,(H,15,16). The fourth-order valence-electron chi connectivity index (χ4n) is 1.59. The molecule has 6 heteroatoms. The molecular weight excluding hydrogens is 264 g/mol. The molecule has 2 aromatic rings. The zero-order chi connectivity index (χ0) is 12.4. The molecule has 0 amide bonds. The predicted octanol–water partition coefficient (Wildman–Crippen LogP) is 4.03. The monoisotopic (exact) mass is 273 g/mol. The summed E-state index contributed by atoms with van der Waals surface area (Å²) in [6, 6.07) is 2.52. The van der Waals surface area contributed by atoms with Gasteiger partial charge in [0.2, 0.25) is 0 Å². The minimum atomic E-state index is -0.480. The van der Waals surface area contributed by atoms with Crippen molar-refractivity contribution in [2.45, 2.75) is 13.0 Å². The molecule has 0 spiro atoms. The van der Waals surface area contributed by atoms with E-state index in [9.17, 15) is 4.39 Å². The van der Waals surface area contributed by atoms with Gasteiger partial charge in [-0.15, -0.1) is 0 Å². The van der Waals surface area contributed by atoms with Crippen LogP contribution in [0.2, 0.25) is 10.0 Å². The highest BCUT2D eigenvalue weighted by Gasteiger charge is 2.17. The maximum Gasteiger partial charge on any atom is 0.142 e. The molecule has 90 valence electrons. The SMILES string of the molecule is CC(Nc1cn[nH]c1)c1c(Cl)ccc(F)c1Cl. The lowest BCUT2D eigenvalue weighted by molar-refractivity contribution is 0.624. The van der Waals surface area contributed by atoms with Gasteiger partial charge in [-0.3, -0.25) is 5.10 Å². The number of anilines is 1. The molecule has 17 heavy (non-hydrogen) atoms. The number of benzene rings is 1. The van der Waals surface area contributed by atoms with Crippen LogP contribution in [0.3, 0.4) is 0 Å². The largest absolute Gasteiger partial charge is 0.376 e. The topological polar surface area (TPSA) is 40.7 Å². The summed E-state index contributed by atoms with van der Waals surface area (Å²) in [6.45, 7) is 1.85. The number of aromatic amines is 1. The second kappa shape index (κ2) is 4.94. The van der Waals surface area contributed by atoms with Gasteiger partial charge in [0.05, 0.1) is 22.9 Å². The van der Waals surface area contributed by atoms with Crippen LogP contribution in [0.5, 0.6) is 0 Å². The molecule has 1 aromatic heterocycles. The van der Waals surface area contributed by atoms with Gasteiger partial charge in [0.25, 0.3) is 0 Å². The number of aromatic nitrogens is 2. The Morgan fingerprint density at radius 1 is 1.41 bits per heavy atom. The number of halogens is 3. The molecule has 1 aromatic carbocycles. The van der Waals surface area contributed by atoms with E-state index in [1.54, 1.807) is 12.4 Å². The van der Waals surface area contributed by atoms with Gasteiger partial charge in [0, 0.05) is 16.8 Å². The van der Waals surface area contributed by atoms with E-state index < -0.39 is 5.82 Å². The Hall–Kier alpha value is -1.26. The molecule has 0 radical (unpaired) electrons. The van der Waals surface area contributed by atoms with Crippen LogP contribution in [0.1, 0.15) is 18.5 Å². The maximum absolute atomic E-state index is 13.4. The van der Waals surface area contributed by atoms with E-state index in [1.165, 1.54) is 12.1 Å². The Morgan fingerprint density at radius 3 is 2.82 bits per heavy atom. The number of hydrogen-bond acceptors (Lipinski definition) is 2. The van der Waals surface area contributed by atoms with E-state index in [1.807, 2.05) is 6.92 Å². The first-order chi connectivity index (χ1) is 8.09. The Kier molecular flexibility index (Phi) is 3.54. The quantitative estimate of drug-likeness (QED) is 0.829. The van der Waals surface area contributed by atoms with Crippen molar-refractivity contribution in [2.75, 3.05) is 5.32 Å². The number of rotatable bonds is 3. The average Bonchev–Trinajstić information content (AvgIpc) is 2.77. The Balaban J connectivity index is 2.30. The van der Waals surface area contributed by atoms with Gasteiger partial charge >= 0.3 is 0 Å². The summed E-state index contributed by atoms with van der Waals surface area (Å²) in [7, 11) is 0. The van der Waals surface area contributed by atoms with Gasteiger partial charge in [-0.25, -0.2) is 4.39 Å². The molecule has 0 aliphatic heterocycles. The lowest BCUT2D eigenvalue weighted by Gasteiger charge is -2.17. The molecule has 1 heterocycles. The van der Waals surface area contributed by atoms with Crippen molar-refractivity contribution < 1.29 is 4.39 Å². The molecule has 0 aliphatic carbocycles. The number of nitrogens with zero attached hydrogens (tertiary/aromatic N) is 1. The van der Waals surface area contributed by atoms with Crippen LogP contribution in [0.15, 0.2) is 24.5 Å². The van der Waals surface area contributed by atoms with Crippen LogP contribution in [0, 0.1) is 5.82 Å². The van der Waals surface area contributed by atoms with Crippen LogP contribution >= 0.6 is 23.2 Å². The predicted molar refractivity (Wildman–Crippen MR) is 67.0 cm³/mol. The molecule has 0 fully saturated rings. The number of hydrogen-bond donors (Lipinski definition) is 2. The van der Waals surface area contributed by atoms with Crippen LogP contribution in [0.4, 0.5) is 10.1 Å². The van der Waals surface area contributed by atoms with Crippen molar-refractivity contribution in [1.82, 2.24) is 10.2 Å². The second-order valence-corrected chi connectivity index (χ2v) is 4.40. The summed E-state index contributed by atoms with van der Waals surface area (Å²) in [5.41, 5.74) is 1.32. The third-order valence-electron chi connectivity index (χ3n) is 2.39. The van der Waals surface area contributed by atoms with Crippen LogP contribution in [0.25, 0.3) is 0 Å². The van der Waals surface area contributed by atoms with E-state index in [0.717, 1.165) is 5.69 Å². The Bertz CT molecular complexity index is 514. The second-order valence-electron chi connectivity index (χ2n) is 3.61. The van der Waals surface area contributed by atoms with Gasteiger partial charge in [-0.1, -0.05) is 23.2 Å². The lowest BCUT2D eigenvalue weighted by atomic mass is 10.1. The third kappa shape index (κ3) is 2.53. The molecule has 2 rings (SSSR count). The Morgan fingerprint density at radius 2 is 2.18 bits per heavy atom. The molecule has 2 N–H and O–H groups in total. The van der Waals surface area contributed by atoms with Gasteiger partial charge in [-0.05, 0) is 19.1 Å². The van der Waals surface area contributed by atoms with Gasteiger partial charge < -0.3 is 5.32 Å². The first-order valence-corrected chi connectivity index (χ1v) is 5.74. The summed E-state index contributed by atoms with van der Waals surface area (Å²) in [4.78, 5) is 0. The normalized spacial score (nSPS) is 12.5. The zero-order valence-corrected chi connectivity index (χ0v) is 10.5. The van der Waals surface area contributed by atoms with E-state index in [2.05, 4.69) is 15.5 Å². The maximum atomic E-state index is 13.4. The van der Waals surface area contributed by atoms with Crippen molar-refractivity contribution >= 4 is 28.9 Å². The summed E-state index contributed by atoms with van der Waals surface area (Å²) >= 11 is 11.9. The highest BCUT2D eigenvalue weighted by atomic mass is 35.5. The Labute approximate surface area is 108 Å². The van der Waals surface area contributed by atoms with Gasteiger partial charge in [0.1, 0.15) is 5.82 Å².